The number of piperidine rings is 1. The van der Waals surface area contributed by atoms with Crippen molar-refractivity contribution in [1.29, 1.82) is 0 Å². The van der Waals surface area contributed by atoms with E-state index in [4.69, 9.17) is 0 Å². The molecule has 6 heteroatoms. The quantitative estimate of drug-likeness (QED) is 0.348. The molecule has 1 aliphatic heterocycles. The minimum Gasteiger partial charge on any atom is -0.356 e. The zero-order chi connectivity index (χ0) is 18.4. The average molecular weight is 488 g/mol. The first-order chi connectivity index (χ1) is 12.7. The SMILES string of the molecule is CCCCN1CCC(NC(=NC)NCC2(c3ccccc3F)CC2)CC1.I. The lowest BCUT2D eigenvalue weighted by Gasteiger charge is -2.33. The predicted molar refractivity (Wildman–Crippen MR) is 122 cm³/mol. The fourth-order valence-electron chi connectivity index (χ4n) is 3.91. The molecule has 0 unspecified atom stereocenters. The molecule has 1 aliphatic carbocycles. The fraction of sp³-hybridized carbons (Fsp3) is 0.667. The number of nitrogens with zero attached hydrogens (tertiary/aromatic N) is 2. The maximum Gasteiger partial charge on any atom is 0.191 e. The topological polar surface area (TPSA) is 39.7 Å². The fourth-order valence-corrected chi connectivity index (χ4v) is 3.91. The van der Waals surface area contributed by atoms with Crippen LogP contribution in [-0.4, -0.2) is 50.1 Å². The van der Waals surface area contributed by atoms with Gasteiger partial charge in [0.2, 0.25) is 0 Å². The van der Waals surface area contributed by atoms with Gasteiger partial charge in [0.05, 0.1) is 0 Å². The summed E-state index contributed by atoms with van der Waals surface area (Å²) < 4.78 is 14.2. The van der Waals surface area contributed by atoms with Crippen molar-refractivity contribution < 1.29 is 4.39 Å². The summed E-state index contributed by atoms with van der Waals surface area (Å²) in [6.07, 6.45) is 6.94. The van der Waals surface area contributed by atoms with E-state index >= 15 is 0 Å². The minimum absolute atomic E-state index is 0. The van der Waals surface area contributed by atoms with Crippen LogP contribution in [0.25, 0.3) is 0 Å². The Morgan fingerprint density at radius 1 is 1.26 bits per heavy atom. The van der Waals surface area contributed by atoms with Crippen molar-refractivity contribution in [3.63, 3.8) is 0 Å². The van der Waals surface area contributed by atoms with Crippen molar-refractivity contribution in [3.8, 4) is 0 Å². The molecular weight excluding hydrogens is 454 g/mol. The monoisotopic (exact) mass is 488 g/mol. The first kappa shape index (κ1) is 22.4. The van der Waals surface area contributed by atoms with Gasteiger partial charge in [-0.25, -0.2) is 4.39 Å². The van der Waals surface area contributed by atoms with Crippen LogP contribution in [0.4, 0.5) is 4.39 Å². The third kappa shape index (κ3) is 6.04. The molecule has 152 valence electrons. The molecule has 2 aliphatic rings. The summed E-state index contributed by atoms with van der Waals surface area (Å²) in [4.78, 5) is 6.95. The Hall–Kier alpha value is -0.890. The first-order valence-electron chi connectivity index (χ1n) is 10.1. The van der Waals surface area contributed by atoms with Crippen LogP contribution in [0.2, 0.25) is 0 Å². The summed E-state index contributed by atoms with van der Waals surface area (Å²) in [5.41, 5.74) is 0.777. The lowest BCUT2D eigenvalue weighted by atomic mass is 9.95. The van der Waals surface area contributed by atoms with Crippen molar-refractivity contribution in [3.05, 3.63) is 35.6 Å². The number of guanidine groups is 1. The number of aliphatic imine (C=N–C) groups is 1. The molecule has 2 fully saturated rings. The van der Waals surface area contributed by atoms with Gasteiger partial charge in [-0.15, -0.1) is 24.0 Å². The highest BCUT2D eigenvalue weighted by molar-refractivity contribution is 14.0. The summed E-state index contributed by atoms with van der Waals surface area (Å²) in [5, 5.41) is 7.02. The second kappa shape index (κ2) is 10.6. The van der Waals surface area contributed by atoms with Gasteiger partial charge in [0, 0.05) is 38.1 Å². The minimum atomic E-state index is -0.0887. The predicted octanol–water partition coefficient (Wildman–Crippen LogP) is 3.90. The smallest absolute Gasteiger partial charge is 0.191 e. The first-order valence-corrected chi connectivity index (χ1v) is 10.1. The van der Waals surface area contributed by atoms with Crippen molar-refractivity contribution in [2.45, 2.75) is 56.9 Å². The number of rotatable bonds is 7. The second-order valence-corrected chi connectivity index (χ2v) is 7.80. The molecule has 0 bridgehead atoms. The van der Waals surface area contributed by atoms with E-state index in [0.29, 0.717) is 6.04 Å². The Bertz CT molecular complexity index is 610. The van der Waals surface area contributed by atoms with Gasteiger partial charge in [-0.05, 0) is 50.3 Å². The Morgan fingerprint density at radius 3 is 2.56 bits per heavy atom. The zero-order valence-electron chi connectivity index (χ0n) is 16.6. The van der Waals surface area contributed by atoms with Crippen LogP contribution in [0.3, 0.4) is 0 Å². The number of hydrogen-bond acceptors (Lipinski definition) is 2. The molecule has 0 amide bonds. The Balaban J connectivity index is 0.00000261. The van der Waals surface area contributed by atoms with Gasteiger partial charge in [-0.2, -0.15) is 0 Å². The van der Waals surface area contributed by atoms with Crippen LogP contribution in [0.1, 0.15) is 51.0 Å². The Morgan fingerprint density at radius 2 is 1.96 bits per heavy atom. The molecular formula is C21H34FIN4. The Labute approximate surface area is 180 Å². The molecule has 27 heavy (non-hydrogen) atoms. The van der Waals surface area contributed by atoms with Crippen LogP contribution >= 0.6 is 24.0 Å². The second-order valence-electron chi connectivity index (χ2n) is 7.80. The summed E-state index contributed by atoms with van der Waals surface area (Å²) in [5.74, 6) is 0.758. The average Bonchev–Trinajstić information content (AvgIpc) is 3.45. The van der Waals surface area contributed by atoms with E-state index in [0.717, 1.165) is 56.8 Å². The van der Waals surface area contributed by atoms with E-state index in [9.17, 15) is 4.39 Å². The summed E-state index contributed by atoms with van der Waals surface area (Å²) >= 11 is 0. The van der Waals surface area contributed by atoms with E-state index in [1.807, 2.05) is 19.2 Å². The molecule has 1 saturated carbocycles. The number of nitrogens with one attached hydrogen (secondary N) is 2. The normalized spacial score (nSPS) is 20.0. The molecule has 1 saturated heterocycles. The maximum absolute atomic E-state index is 14.2. The molecule has 0 spiro atoms. The standard InChI is InChI=1S/C21H33FN4.HI/c1-3-4-13-26-14-9-17(10-15-26)25-20(23-2)24-16-21(11-12-21)18-7-5-6-8-19(18)22;/h5-8,17H,3-4,9-16H2,1-2H3,(H2,23,24,25);1H. The number of likely N-dealkylation sites (tertiary alicyclic amines) is 1. The molecule has 0 aromatic heterocycles. The van der Waals surface area contributed by atoms with Gasteiger partial charge < -0.3 is 15.5 Å². The van der Waals surface area contributed by atoms with Crippen molar-refractivity contribution in [2.75, 3.05) is 33.2 Å². The molecule has 1 aromatic carbocycles. The van der Waals surface area contributed by atoms with Crippen molar-refractivity contribution in [2.24, 2.45) is 4.99 Å². The number of hydrogen-bond donors (Lipinski definition) is 2. The third-order valence-electron chi connectivity index (χ3n) is 5.87. The van der Waals surface area contributed by atoms with Crippen molar-refractivity contribution in [1.82, 2.24) is 15.5 Å². The van der Waals surface area contributed by atoms with Crippen LogP contribution in [0.5, 0.6) is 0 Å². The molecule has 3 rings (SSSR count). The van der Waals surface area contributed by atoms with Gasteiger partial charge in [0.1, 0.15) is 5.82 Å². The van der Waals surface area contributed by atoms with Gasteiger partial charge in [0.15, 0.2) is 5.96 Å². The maximum atomic E-state index is 14.2. The summed E-state index contributed by atoms with van der Waals surface area (Å²) in [6.45, 7) is 6.53. The van der Waals surface area contributed by atoms with E-state index in [2.05, 4.69) is 27.4 Å². The Kier molecular flexibility index (Phi) is 8.79. The molecule has 4 nitrogen and oxygen atoms in total. The van der Waals surface area contributed by atoms with E-state index < -0.39 is 0 Å². The number of unbranched alkanes of at least 4 members (excludes halogenated alkanes) is 1. The zero-order valence-corrected chi connectivity index (χ0v) is 19.0. The molecule has 0 radical (unpaired) electrons. The van der Waals surface area contributed by atoms with Gasteiger partial charge in [-0.3, -0.25) is 4.99 Å². The van der Waals surface area contributed by atoms with Crippen LogP contribution in [0.15, 0.2) is 29.3 Å². The number of benzene rings is 1. The van der Waals surface area contributed by atoms with Gasteiger partial charge in [-0.1, -0.05) is 31.5 Å². The lowest BCUT2D eigenvalue weighted by molar-refractivity contribution is 0.203. The molecule has 1 heterocycles. The van der Waals surface area contributed by atoms with E-state index in [1.165, 1.54) is 19.4 Å². The van der Waals surface area contributed by atoms with Crippen molar-refractivity contribution >= 4 is 29.9 Å². The van der Waals surface area contributed by atoms with Crippen LogP contribution < -0.4 is 10.6 Å². The highest BCUT2D eigenvalue weighted by atomic mass is 127. The molecule has 0 atom stereocenters. The molecule has 1 aromatic rings. The van der Waals surface area contributed by atoms with Crippen LogP contribution in [-0.2, 0) is 5.41 Å². The van der Waals surface area contributed by atoms with E-state index in [1.54, 1.807) is 12.1 Å². The largest absolute Gasteiger partial charge is 0.356 e. The van der Waals surface area contributed by atoms with Gasteiger partial charge in [0.25, 0.3) is 0 Å². The highest BCUT2D eigenvalue weighted by Crippen LogP contribution is 2.48. The third-order valence-corrected chi connectivity index (χ3v) is 5.87. The lowest BCUT2D eigenvalue weighted by Crippen LogP contribution is -2.50. The number of halogens is 2. The summed E-state index contributed by atoms with van der Waals surface area (Å²) in [7, 11) is 1.81. The van der Waals surface area contributed by atoms with Crippen LogP contribution in [0, 0.1) is 5.82 Å². The summed E-state index contributed by atoms with van der Waals surface area (Å²) in [6, 6.07) is 7.65. The highest BCUT2D eigenvalue weighted by Gasteiger charge is 2.45. The molecule has 2 N–H and O–H groups in total. The van der Waals surface area contributed by atoms with Gasteiger partial charge >= 0.3 is 0 Å². The van der Waals surface area contributed by atoms with E-state index in [-0.39, 0.29) is 35.2 Å².